The van der Waals surface area contributed by atoms with E-state index in [0.29, 0.717) is 50.2 Å². The largest absolute Gasteiger partial charge is 0.378 e. The molecule has 6 rings (SSSR count). The first-order valence-corrected chi connectivity index (χ1v) is 13.0. The summed E-state index contributed by atoms with van der Waals surface area (Å²) in [5.74, 6) is -0.391. The van der Waals surface area contributed by atoms with E-state index in [-0.39, 0.29) is 5.54 Å². The maximum absolute atomic E-state index is 13.8. The van der Waals surface area contributed by atoms with Crippen LogP contribution in [0.1, 0.15) is 75.7 Å². The Kier molecular flexibility index (Phi) is 5.66. The minimum absolute atomic E-state index is 0.0651. The summed E-state index contributed by atoms with van der Waals surface area (Å²) in [6.45, 7) is 2.15. The summed E-state index contributed by atoms with van der Waals surface area (Å²) in [6.07, 6.45) is 9.51. The Morgan fingerprint density at radius 1 is 1.30 bits per heavy atom. The van der Waals surface area contributed by atoms with E-state index < -0.39 is 11.8 Å². The monoisotopic (exact) mass is 516 g/mol. The van der Waals surface area contributed by atoms with Crippen molar-refractivity contribution in [3.8, 4) is 6.07 Å². The Labute approximate surface area is 221 Å². The van der Waals surface area contributed by atoms with Crippen molar-refractivity contribution in [2.45, 2.75) is 63.0 Å². The molecule has 0 amide bonds. The van der Waals surface area contributed by atoms with Crippen LogP contribution in [-0.4, -0.2) is 25.5 Å². The van der Waals surface area contributed by atoms with E-state index in [4.69, 9.17) is 11.6 Å². The van der Waals surface area contributed by atoms with Gasteiger partial charge in [0.1, 0.15) is 17.6 Å². The van der Waals surface area contributed by atoms with Gasteiger partial charge in [0.25, 0.3) is 0 Å². The Balaban J connectivity index is 1.47. The summed E-state index contributed by atoms with van der Waals surface area (Å²) in [5, 5.41) is 26.5. The van der Waals surface area contributed by atoms with Crippen LogP contribution in [0, 0.1) is 17.1 Å². The van der Waals surface area contributed by atoms with Crippen molar-refractivity contribution in [2.24, 2.45) is 0 Å². The van der Waals surface area contributed by atoms with Crippen LogP contribution in [-0.2, 0) is 0 Å². The van der Waals surface area contributed by atoms with Crippen LogP contribution in [0.2, 0.25) is 5.02 Å². The zero-order valence-electron chi connectivity index (χ0n) is 21.4. The number of aromatic nitrogens is 4. The standard InChI is InChI=1S/C28H27ClFN7/c1-2-28(10-3-11-28)34-25-18(14-31)15-32-27-22(25)12-20(13-23(27)29)33-26(17-4-6-19(30)7-5-17)24-16-37(36-35-24)21-8-9-21/h4-7,12-13,15-16,21,26,33H,2-3,8-11H2,1H3,(H,32,34)/t26-/m0/s1/i26D. The van der Waals surface area contributed by atoms with Gasteiger partial charge in [0.2, 0.25) is 0 Å². The van der Waals surface area contributed by atoms with E-state index in [1.807, 2.05) is 6.07 Å². The Morgan fingerprint density at radius 2 is 2.08 bits per heavy atom. The van der Waals surface area contributed by atoms with E-state index in [2.05, 4.69) is 38.9 Å². The Hall–Kier alpha value is -3.70. The van der Waals surface area contributed by atoms with Gasteiger partial charge in [-0.2, -0.15) is 5.26 Å². The van der Waals surface area contributed by atoms with Gasteiger partial charge in [0.05, 0.1) is 41.4 Å². The maximum Gasteiger partial charge on any atom is 0.123 e. The normalized spacial score (nSPS) is 18.4. The first kappa shape index (κ1) is 22.5. The number of halogens is 2. The third-order valence-corrected chi connectivity index (χ3v) is 7.80. The SMILES string of the molecule is [2H][C@](Nc1cc(Cl)c2ncc(C#N)c(NC3(CC)CCC3)c2c1)(c1ccc(F)cc1)c1cn(C2CC2)nn1. The summed E-state index contributed by atoms with van der Waals surface area (Å²) in [6, 6.07) is 10.3. The van der Waals surface area contributed by atoms with Crippen molar-refractivity contribution in [2.75, 3.05) is 10.6 Å². The lowest BCUT2D eigenvalue weighted by molar-refractivity contribution is 0.270. The number of benzene rings is 2. The topological polar surface area (TPSA) is 91.5 Å². The molecule has 2 aromatic heterocycles. The lowest BCUT2D eigenvalue weighted by atomic mass is 9.74. The van der Waals surface area contributed by atoms with Gasteiger partial charge >= 0.3 is 0 Å². The van der Waals surface area contributed by atoms with Gasteiger partial charge in [-0.3, -0.25) is 4.98 Å². The fourth-order valence-corrected chi connectivity index (χ4v) is 5.21. The van der Waals surface area contributed by atoms with Gasteiger partial charge in [-0.25, -0.2) is 9.07 Å². The van der Waals surface area contributed by atoms with Gasteiger partial charge in [0.15, 0.2) is 0 Å². The van der Waals surface area contributed by atoms with Crippen molar-refractivity contribution in [1.82, 2.24) is 20.0 Å². The third kappa shape index (κ3) is 4.49. The molecule has 1 atom stereocenters. The molecule has 0 spiro atoms. The molecule has 0 unspecified atom stereocenters. The van der Waals surface area contributed by atoms with Gasteiger partial charge < -0.3 is 10.6 Å². The van der Waals surface area contributed by atoms with Crippen LogP contribution in [0.3, 0.4) is 0 Å². The van der Waals surface area contributed by atoms with Gasteiger partial charge in [0, 0.05) is 22.8 Å². The molecule has 0 radical (unpaired) electrons. The molecule has 2 N–H and O–H groups in total. The molecule has 0 saturated heterocycles. The second-order valence-corrected chi connectivity index (χ2v) is 10.4. The molecule has 0 bridgehead atoms. The highest BCUT2D eigenvalue weighted by atomic mass is 35.5. The van der Waals surface area contributed by atoms with Crippen molar-refractivity contribution in [3.05, 3.63) is 76.5 Å². The highest BCUT2D eigenvalue weighted by Gasteiger charge is 2.36. The first-order valence-electron chi connectivity index (χ1n) is 13.1. The zero-order chi connectivity index (χ0) is 26.5. The maximum atomic E-state index is 13.8. The smallest absolute Gasteiger partial charge is 0.123 e. The second-order valence-electron chi connectivity index (χ2n) is 9.95. The van der Waals surface area contributed by atoms with Crippen molar-refractivity contribution < 1.29 is 5.76 Å². The highest BCUT2D eigenvalue weighted by Crippen LogP contribution is 2.42. The number of nitrogens with one attached hydrogen (secondary N) is 2. The number of nitrogens with zero attached hydrogens (tertiary/aromatic N) is 5. The van der Waals surface area contributed by atoms with E-state index in [0.717, 1.165) is 38.5 Å². The molecule has 4 aromatic rings. The average Bonchev–Trinajstić information content (AvgIpc) is 3.62. The Bertz CT molecular complexity index is 1550. The number of nitriles is 1. The van der Waals surface area contributed by atoms with Crippen LogP contribution in [0.5, 0.6) is 0 Å². The van der Waals surface area contributed by atoms with E-state index >= 15 is 0 Å². The summed E-state index contributed by atoms with van der Waals surface area (Å²) < 4.78 is 25.1. The van der Waals surface area contributed by atoms with Crippen LogP contribution < -0.4 is 10.6 Å². The summed E-state index contributed by atoms with van der Waals surface area (Å²) >= 11 is 6.72. The molecule has 7 nitrogen and oxygen atoms in total. The predicted octanol–water partition coefficient (Wildman–Crippen LogP) is 6.77. The highest BCUT2D eigenvalue weighted by molar-refractivity contribution is 6.35. The summed E-state index contributed by atoms with van der Waals surface area (Å²) in [7, 11) is 0. The van der Waals surface area contributed by atoms with Crippen molar-refractivity contribution in [3.63, 3.8) is 0 Å². The lowest BCUT2D eigenvalue weighted by Crippen LogP contribution is -2.44. The van der Waals surface area contributed by atoms with E-state index in [1.54, 1.807) is 35.3 Å². The molecule has 2 aliphatic carbocycles. The third-order valence-electron chi connectivity index (χ3n) is 7.51. The number of anilines is 2. The van der Waals surface area contributed by atoms with Gasteiger partial charge in [-0.1, -0.05) is 35.9 Å². The second kappa shape index (κ2) is 9.31. The molecule has 2 aliphatic rings. The molecular weight excluding hydrogens is 489 g/mol. The predicted molar refractivity (Wildman–Crippen MR) is 142 cm³/mol. The van der Waals surface area contributed by atoms with Crippen molar-refractivity contribution >= 4 is 33.9 Å². The molecule has 0 aliphatic heterocycles. The lowest BCUT2D eigenvalue weighted by Gasteiger charge is -2.43. The Morgan fingerprint density at radius 3 is 2.73 bits per heavy atom. The molecular formula is C28H27ClFN7. The van der Waals surface area contributed by atoms with Gasteiger partial charge in [-0.15, -0.1) is 5.10 Å². The van der Waals surface area contributed by atoms with E-state index in [9.17, 15) is 11.0 Å². The van der Waals surface area contributed by atoms with Gasteiger partial charge in [-0.05, 0) is 68.4 Å². The minimum Gasteiger partial charge on any atom is -0.378 e. The first-order chi connectivity index (χ1) is 18.3. The zero-order valence-corrected chi connectivity index (χ0v) is 21.2. The number of pyridine rings is 1. The number of fused-ring (bicyclic) bond motifs is 1. The summed E-state index contributed by atoms with van der Waals surface area (Å²) in [5.41, 5.74) is 3.07. The average molecular weight is 517 g/mol. The molecule has 2 saturated carbocycles. The number of rotatable bonds is 8. The fourth-order valence-electron chi connectivity index (χ4n) is 4.94. The molecule has 37 heavy (non-hydrogen) atoms. The molecule has 2 heterocycles. The number of hydrogen-bond donors (Lipinski definition) is 2. The molecule has 2 aromatic carbocycles. The quantitative estimate of drug-likeness (QED) is 0.268. The molecule has 2 fully saturated rings. The molecule has 9 heteroatoms. The van der Waals surface area contributed by atoms with Crippen molar-refractivity contribution in [1.29, 1.82) is 5.26 Å². The van der Waals surface area contributed by atoms with Crippen LogP contribution in [0.4, 0.5) is 15.8 Å². The minimum atomic E-state index is -1.58. The van der Waals surface area contributed by atoms with Crippen LogP contribution >= 0.6 is 11.6 Å². The molecule has 188 valence electrons. The fraction of sp³-hybridized carbons (Fsp3) is 0.357. The number of hydrogen-bond acceptors (Lipinski definition) is 6. The summed E-state index contributed by atoms with van der Waals surface area (Å²) in [4.78, 5) is 4.47. The van der Waals surface area contributed by atoms with Crippen LogP contribution in [0.15, 0.2) is 48.8 Å². The van der Waals surface area contributed by atoms with E-state index in [1.165, 1.54) is 12.1 Å². The van der Waals surface area contributed by atoms with Crippen LogP contribution in [0.25, 0.3) is 10.9 Å².